The first kappa shape index (κ1) is 26.5. The van der Waals surface area contributed by atoms with Crippen molar-refractivity contribution in [3.05, 3.63) is 0 Å². The molecule has 3 rings (SSSR count). The zero-order valence-corrected chi connectivity index (χ0v) is 16.9. The Labute approximate surface area is 185 Å². The molecule has 0 aromatic carbocycles. The number of hydrogen-bond acceptors (Lipinski definition) is 15. The van der Waals surface area contributed by atoms with Crippen molar-refractivity contribution in [3.8, 4) is 0 Å². The number of hydrogen-bond donors (Lipinski definition) is 10. The first-order valence-corrected chi connectivity index (χ1v) is 9.99. The van der Waals surface area contributed by atoms with Crippen LogP contribution in [0.15, 0.2) is 0 Å². The molecule has 0 saturated carbocycles. The molecule has 0 spiro atoms. The maximum absolute atomic E-state index is 11.4. The van der Waals surface area contributed by atoms with Gasteiger partial charge in [-0.05, 0) is 0 Å². The van der Waals surface area contributed by atoms with Crippen molar-refractivity contribution < 1.29 is 79.5 Å². The molecular formula is C17H28O16. The van der Waals surface area contributed by atoms with E-state index in [1.807, 2.05) is 0 Å². The van der Waals surface area contributed by atoms with Crippen LogP contribution in [0, 0.1) is 0 Å². The fraction of sp³-hybridized carbons (Fsp3) is 0.941. The molecule has 3 saturated heterocycles. The summed E-state index contributed by atoms with van der Waals surface area (Å²) < 4.78 is 25.9. The molecule has 0 aromatic heterocycles. The van der Waals surface area contributed by atoms with Crippen LogP contribution >= 0.6 is 0 Å². The molecule has 192 valence electrons. The Morgan fingerprint density at radius 1 is 0.758 bits per heavy atom. The smallest absolute Gasteiger partial charge is 0.335 e. The minimum atomic E-state index is -2.11. The van der Waals surface area contributed by atoms with Gasteiger partial charge in [-0.3, -0.25) is 0 Å². The SMILES string of the molecule is O=C(O)[C@H]1O[C@@H](O)[C@H](O[C@@H]2OC[C@H](O)[C@H](O)[C@H]2O)[C@@H](O[C@@H]2O[C@H](CO)[C@@H](O)[C@H](O)[C@H]2O)[C@@H]1O. The predicted molar refractivity (Wildman–Crippen MR) is 95.8 cm³/mol. The van der Waals surface area contributed by atoms with Crippen molar-refractivity contribution in [1.29, 1.82) is 0 Å². The number of aliphatic carboxylic acids is 1. The van der Waals surface area contributed by atoms with Crippen molar-refractivity contribution in [1.82, 2.24) is 0 Å². The van der Waals surface area contributed by atoms with Crippen molar-refractivity contribution in [2.24, 2.45) is 0 Å². The van der Waals surface area contributed by atoms with Gasteiger partial charge >= 0.3 is 5.97 Å². The summed E-state index contributed by atoms with van der Waals surface area (Å²) >= 11 is 0. The number of aliphatic hydroxyl groups excluding tert-OH is 9. The molecule has 0 unspecified atom stereocenters. The molecule has 3 fully saturated rings. The molecule has 16 heteroatoms. The predicted octanol–water partition coefficient (Wildman–Crippen LogP) is -6.84. The van der Waals surface area contributed by atoms with Crippen LogP contribution in [-0.2, 0) is 28.5 Å². The summed E-state index contributed by atoms with van der Waals surface area (Å²) in [5.41, 5.74) is 0. The third kappa shape index (κ3) is 5.29. The number of carbonyl (C=O) groups is 1. The summed E-state index contributed by atoms with van der Waals surface area (Å²) in [5, 5.41) is 98.9. The van der Waals surface area contributed by atoms with E-state index >= 15 is 0 Å². The summed E-state index contributed by atoms with van der Waals surface area (Å²) in [6, 6.07) is 0. The van der Waals surface area contributed by atoms with Crippen LogP contribution in [-0.4, -0.2) is 156 Å². The summed E-state index contributed by atoms with van der Waals surface area (Å²) in [5.74, 6) is -1.70. The zero-order valence-electron chi connectivity index (χ0n) is 16.9. The largest absolute Gasteiger partial charge is 0.479 e. The third-order valence-electron chi connectivity index (χ3n) is 5.67. The zero-order chi connectivity index (χ0) is 24.6. The first-order chi connectivity index (χ1) is 15.5. The van der Waals surface area contributed by atoms with Gasteiger partial charge in [0.25, 0.3) is 0 Å². The van der Waals surface area contributed by atoms with E-state index in [1.54, 1.807) is 0 Å². The summed E-state index contributed by atoms with van der Waals surface area (Å²) in [6.07, 6.45) is -25.4. The highest BCUT2D eigenvalue weighted by atomic mass is 16.8. The standard InChI is InChI=1S/C17H28O16/c18-1-4-6(21)7(22)9(24)17(30-4)32-11-10(25)12(14(26)27)31-15(28)13(11)33-16-8(23)5(20)3(19)2-29-16/h3-13,15-25,28H,1-2H2,(H,26,27)/t3-,4+,5-,6+,7-,8+,9+,10-,11-,12-,13+,15+,16-,17-/m0/s1. The second-order valence-electron chi connectivity index (χ2n) is 7.93. The molecule has 10 N–H and O–H groups in total. The molecule has 33 heavy (non-hydrogen) atoms. The number of ether oxygens (including phenoxy) is 5. The number of rotatable bonds is 6. The second kappa shape index (κ2) is 10.7. The van der Waals surface area contributed by atoms with Gasteiger partial charge in [-0.2, -0.15) is 0 Å². The highest BCUT2D eigenvalue weighted by Crippen LogP contribution is 2.32. The normalized spacial score (nSPS) is 51.3. The molecule has 16 nitrogen and oxygen atoms in total. The lowest BCUT2D eigenvalue weighted by Crippen LogP contribution is -2.66. The van der Waals surface area contributed by atoms with Gasteiger partial charge in [0.15, 0.2) is 25.0 Å². The van der Waals surface area contributed by atoms with E-state index in [0.29, 0.717) is 0 Å². The van der Waals surface area contributed by atoms with Crippen LogP contribution in [0.25, 0.3) is 0 Å². The highest BCUT2D eigenvalue weighted by Gasteiger charge is 2.54. The minimum absolute atomic E-state index is 0.481. The third-order valence-corrected chi connectivity index (χ3v) is 5.67. The molecular weight excluding hydrogens is 460 g/mol. The summed E-state index contributed by atoms with van der Waals surface area (Å²) in [4.78, 5) is 11.4. The van der Waals surface area contributed by atoms with Crippen LogP contribution in [0.4, 0.5) is 0 Å². The fourth-order valence-electron chi connectivity index (χ4n) is 3.73. The van der Waals surface area contributed by atoms with Crippen molar-refractivity contribution >= 4 is 5.97 Å². The van der Waals surface area contributed by atoms with Crippen molar-refractivity contribution in [2.75, 3.05) is 13.2 Å². The van der Waals surface area contributed by atoms with Gasteiger partial charge in [-0.15, -0.1) is 0 Å². The maximum atomic E-state index is 11.4. The van der Waals surface area contributed by atoms with Gasteiger partial charge in [0.1, 0.15) is 61.0 Å². The Bertz CT molecular complexity index is 663. The fourth-order valence-corrected chi connectivity index (χ4v) is 3.73. The van der Waals surface area contributed by atoms with Gasteiger partial charge in [0.2, 0.25) is 0 Å². The molecule has 0 aromatic rings. The van der Waals surface area contributed by atoms with E-state index in [0.717, 1.165) is 0 Å². The minimum Gasteiger partial charge on any atom is -0.479 e. The van der Waals surface area contributed by atoms with Gasteiger partial charge in [0.05, 0.1) is 13.2 Å². The van der Waals surface area contributed by atoms with Crippen molar-refractivity contribution in [3.63, 3.8) is 0 Å². The Kier molecular flexibility index (Phi) is 8.57. The average Bonchev–Trinajstić information content (AvgIpc) is 2.77. The van der Waals surface area contributed by atoms with E-state index in [4.69, 9.17) is 23.7 Å². The van der Waals surface area contributed by atoms with Crippen LogP contribution in [0.5, 0.6) is 0 Å². The topological polar surface area (TPSA) is 266 Å². The van der Waals surface area contributed by atoms with E-state index in [1.165, 1.54) is 0 Å². The molecule has 3 aliphatic rings. The molecule has 3 heterocycles. The number of carboxylic acids is 1. The Morgan fingerprint density at radius 3 is 1.97 bits per heavy atom. The molecule has 14 atom stereocenters. The molecule has 0 radical (unpaired) electrons. The van der Waals surface area contributed by atoms with Gasteiger partial charge < -0.3 is 74.7 Å². The Morgan fingerprint density at radius 2 is 1.36 bits per heavy atom. The highest BCUT2D eigenvalue weighted by molar-refractivity contribution is 5.73. The molecule has 0 amide bonds. The van der Waals surface area contributed by atoms with Gasteiger partial charge in [-0.25, -0.2) is 4.79 Å². The number of aliphatic hydroxyl groups is 9. The molecule has 0 aliphatic carbocycles. The monoisotopic (exact) mass is 488 g/mol. The van der Waals surface area contributed by atoms with E-state index in [-0.39, 0.29) is 0 Å². The van der Waals surface area contributed by atoms with Crippen LogP contribution in [0.1, 0.15) is 0 Å². The van der Waals surface area contributed by atoms with E-state index in [2.05, 4.69) is 0 Å². The maximum Gasteiger partial charge on any atom is 0.335 e. The summed E-state index contributed by atoms with van der Waals surface area (Å²) in [7, 11) is 0. The van der Waals surface area contributed by atoms with Crippen LogP contribution < -0.4 is 0 Å². The van der Waals surface area contributed by atoms with Crippen LogP contribution in [0.2, 0.25) is 0 Å². The average molecular weight is 488 g/mol. The van der Waals surface area contributed by atoms with E-state index in [9.17, 15) is 55.9 Å². The van der Waals surface area contributed by atoms with Crippen molar-refractivity contribution in [2.45, 2.75) is 86.0 Å². The lowest BCUT2D eigenvalue weighted by Gasteiger charge is -2.47. The molecule has 3 aliphatic heterocycles. The quantitative estimate of drug-likeness (QED) is 0.166. The number of carboxylic acid groups (broad SMARTS) is 1. The Hall–Kier alpha value is -1.09. The second-order valence-corrected chi connectivity index (χ2v) is 7.93. The van der Waals surface area contributed by atoms with E-state index < -0.39 is 105 Å². The van der Waals surface area contributed by atoms with Crippen LogP contribution in [0.3, 0.4) is 0 Å². The first-order valence-electron chi connectivity index (χ1n) is 9.99. The molecule has 0 bridgehead atoms. The summed E-state index contributed by atoms with van der Waals surface area (Å²) in [6.45, 7) is -1.28. The van der Waals surface area contributed by atoms with Gasteiger partial charge in [0, 0.05) is 0 Å². The lowest BCUT2D eigenvalue weighted by molar-refractivity contribution is -0.378. The lowest BCUT2D eigenvalue weighted by atomic mass is 9.96. The van der Waals surface area contributed by atoms with Gasteiger partial charge in [-0.1, -0.05) is 0 Å². The Balaban J connectivity index is 1.83.